The van der Waals surface area contributed by atoms with E-state index in [1.165, 1.54) is 47.8 Å². The third-order valence-electron chi connectivity index (χ3n) is 5.16. The first-order valence-electron chi connectivity index (χ1n) is 10.1. The van der Waals surface area contributed by atoms with Crippen molar-refractivity contribution in [2.24, 2.45) is 0 Å². The molecule has 0 unspecified atom stereocenters. The van der Waals surface area contributed by atoms with Crippen LogP contribution in [0.15, 0.2) is 64.4 Å². The molecule has 1 N–H and O–H groups in total. The van der Waals surface area contributed by atoms with Crippen LogP contribution in [0.3, 0.4) is 0 Å². The summed E-state index contributed by atoms with van der Waals surface area (Å²) in [6, 6.07) is 13.8. The Balaban J connectivity index is 1.63. The van der Waals surface area contributed by atoms with Gasteiger partial charge in [0.05, 0.1) is 16.3 Å². The van der Waals surface area contributed by atoms with Gasteiger partial charge in [0.1, 0.15) is 0 Å². The number of rotatable bonds is 7. The summed E-state index contributed by atoms with van der Waals surface area (Å²) in [5, 5.41) is 2.61. The van der Waals surface area contributed by atoms with Gasteiger partial charge in [-0.3, -0.25) is 4.79 Å². The second kappa shape index (κ2) is 9.90. The molecule has 0 radical (unpaired) electrons. The highest BCUT2D eigenvalue weighted by atomic mass is 32.2. The minimum absolute atomic E-state index is 0.105. The van der Waals surface area contributed by atoms with E-state index in [9.17, 15) is 21.6 Å². The molecule has 168 valence electrons. The number of nitrogens with zero attached hydrogens (tertiary/aromatic N) is 2. The number of benzene rings is 2. The largest absolute Gasteiger partial charge is 0.325 e. The van der Waals surface area contributed by atoms with Crippen LogP contribution < -0.4 is 5.32 Å². The van der Waals surface area contributed by atoms with Gasteiger partial charge in [0.15, 0.2) is 0 Å². The zero-order chi connectivity index (χ0) is 22.5. The summed E-state index contributed by atoms with van der Waals surface area (Å²) in [5.74, 6) is -0.523. The Labute approximate surface area is 184 Å². The normalized spacial score (nSPS) is 16.1. The molecule has 1 amide bonds. The molecule has 0 aliphatic carbocycles. The summed E-state index contributed by atoms with van der Waals surface area (Å²) in [7, 11) is -6.01. The molecule has 2 aromatic carbocycles. The van der Waals surface area contributed by atoms with Crippen molar-refractivity contribution in [2.75, 3.05) is 32.0 Å². The van der Waals surface area contributed by atoms with Crippen molar-refractivity contribution in [3.05, 3.63) is 54.6 Å². The van der Waals surface area contributed by atoms with Crippen LogP contribution in [0.1, 0.15) is 25.7 Å². The molecule has 3 rings (SSSR count). The Morgan fingerprint density at radius 1 is 0.871 bits per heavy atom. The standard InChI is InChI=1S/C21H27N3O5S2/c1-23(30(26,27)19-9-5-4-6-10-19)17-21(25)22-18-11-13-20(14-12-18)31(28,29)24-15-7-2-3-8-16-24/h4-6,9-14H,2-3,7-8,15-17H2,1H3,(H,22,25). The van der Waals surface area contributed by atoms with Gasteiger partial charge in [-0.15, -0.1) is 0 Å². The fourth-order valence-corrected chi connectivity index (χ4v) is 6.07. The first-order chi connectivity index (χ1) is 14.7. The summed E-state index contributed by atoms with van der Waals surface area (Å²) in [6.45, 7) is 0.664. The molecular weight excluding hydrogens is 438 g/mol. The van der Waals surface area contributed by atoms with Gasteiger partial charge in [-0.25, -0.2) is 16.8 Å². The van der Waals surface area contributed by atoms with Gasteiger partial charge in [0.25, 0.3) is 0 Å². The van der Waals surface area contributed by atoms with E-state index >= 15 is 0 Å². The number of likely N-dealkylation sites (N-methyl/N-ethyl adjacent to an activating group) is 1. The third kappa shape index (κ3) is 5.70. The van der Waals surface area contributed by atoms with Crippen LogP contribution in [0.5, 0.6) is 0 Å². The molecule has 10 heteroatoms. The fourth-order valence-electron chi connectivity index (χ4n) is 3.40. The van der Waals surface area contributed by atoms with Crippen LogP contribution in [0.4, 0.5) is 5.69 Å². The van der Waals surface area contributed by atoms with Crippen LogP contribution >= 0.6 is 0 Å². The highest BCUT2D eigenvalue weighted by Gasteiger charge is 2.25. The topological polar surface area (TPSA) is 104 Å². The van der Waals surface area contributed by atoms with E-state index in [0.717, 1.165) is 30.0 Å². The molecular formula is C21H27N3O5S2. The first-order valence-corrected chi connectivity index (χ1v) is 13.0. The van der Waals surface area contributed by atoms with Crippen molar-refractivity contribution in [2.45, 2.75) is 35.5 Å². The Hall–Kier alpha value is -2.27. The molecule has 1 aliphatic heterocycles. The molecule has 0 atom stereocenters. The van der Waals surface area contributed by atoms with Crippen LogP contribution in [0.25, 0.3) is 0 Å². The van der Waals surface area contributed by atoms with E-state index in [2.05, 4.69) is 5.32 Å². The van der Waals surface area contributed by atoms with E-state index in [1.54, 1.807) is 18.2 Å². The second-order valence-electron chi connectivity index (χ2n) is 7.46. The van der Waals surface area contributed by atoms with Crippen LogP contribution in [0, 0.1) is 0 Å². The lowest BCUT2D eigenvalue weighted by Crippen LogP contribution is -2.35. The number of nitrogens with one attached hydrogen (secondary N) is 1. The van der Waals surface area contributed by atoms with Gasteiger partial charge in [0.2, 0.25) is 26.0 Å². The second-order valence-corrected chi connectivity index (χ2v) is 11.4. The number of hydrogen-bond donors (Lipinski definition) is 1. The molecule has 31 heavy (non-hydrogen) atoms. The Bertz CT molecular complexity index is 1090. The maximum absolute atomic E-state index is 12.8. The minimum atomic E-state index is -3.78. The number of hydrogen-bond acceptors (Lipinski definition) is 5. The SMILES string of the molecule is CN(CC(=O)Nc1ccc(S(=O)(=O)N2CCCCCC2)cc1)S(=O)(=O)c1ccccc1. The number of anilines is 1. The van der Waals surface area contributed by atoms with Crippen LogP contribution in [-0.4, -0.2) is 58.0 Å². The molecule has 1 aliphatic rings. The first kappa shape index (κ1) is 23.4. The zero-order valence-electron chi connectivity index (χ0n) is 17.4. The molecule has 1 saturated heterocycles. The summed E-state index contributed by atoms with van der Waals surface area (Å²) in [6.07, 6.45) is 3.77. The van der Waals surface area contributed by atoms with Gasteiger partial charge in [-0.1, -0.05) is 31.0 Å². The molecule has 0 saturated carbocycles. The lowest BCUT2D eigenvalue weighted by molar-refractivity contribution is -0.116. The predicted octanol–water partition coefficient (Wildman–Crippen LogP) is 2.51. The van der Waals surface area contributed by atoms with Crippen molar-refractivity contribution >= 4 is 31.6 Å². The maximum atomic E-state index is 12.8. The van der Waals surface area contributed by atoms with Crippen molar-refractivity contribution in [1.29, 1.82) is 0 Å². The monoisotopic (exact) mass is 465 g/mol. The van der Waals surface area contributed by atoms with Gasteiger partial charge < -0.3 is 5.32 Å². The van der Waals surface area contributed by atoms with E-state index in [0.29, 0.717) is 18.8 Å². The lowest BCUT2D eigenvalue weighted by Gasteiger charge is -2.20. The van der Waals surface area contributed by atoms with Gasteiger partial charge in [-0.05, 0) is 49.2 Å². The fraction of sp³-hybridized carbons (Fsp3) is 0.381. The summed E-state index contributed by atoms with van der Waals surface area (Å²) >= 11 is 0. The summed E-state index contributed by atoms with van der Waals surface area (Å²) in [5.41, 5.74) is 0.394. The molecule has 8 nitrogen and oxygen atoms in total. The van der Waals surface area contributed by atoms with Crippen molar-refractivity contribution in [3.63, 3.8) is 0 Å². The van der Waals surface area contributed by atoms with Crippen molar-refractivity contribution < 1.29 is 21.6 Å². The molecule has 0 bridgehead atoms. The Kier molecular flexibility index (Phi) is 7.47. The summed E-state index contributed by atoms with van der Waals surface area (Å²) in [4.78, 5) is 12.6. The van der Waals surface area contributed by atoms with Crippen molar-refractivity contribution in [3.8, 4) is 0 Å². The quantitative estimate of drug-likeness (QED) is 0.677. The maximum Gasteiger partial charge on any atom is 0.243 e. The highest BCUT2D eigenvalue weighted by molar-refractivity contribution is 7.89. The van der Waals surface area contributed by atoms with E-state index < -0.39 is 26.0 Å². The summed E-state index contributed by atoms with van der Waals surface area (Å²) < 4.78 is 53.2. The van der Waals surface area contributed by atoms with Crippen LogP contribution in [0.2, 0.25) is 0 Å². The molecule has 1 heterocycles. The minimum Gasteiger partial charge on any atom is -0.325 e. The zero-order valence-corrected chi connectivity index (χ0v) is 19.0. The van der Waals surface area contributed by atoms with E-state index in [4.69, 9.17) is 0 Å². The average Bonchev–Trinajstić information content (AvgIpc) is 3.05. The highest BCUT2D eigenvalue weighted by Crippen LogP contribution is 2.22. The van der Waals surface area contributed by atoms with Gasteiger partial charge in [0, 0.05) is 25.8 Å². The number of amides is 1. The molecule has 1 fully saturated rings. The number of carbonyl (C=O) groups excluding carboxylic acids is 1. The van der Waals surface area contributed by atoms with E-state index in [-0.39, 0.29) is 16.3 Å². The van der Waals surface area contributed by atoms with E-state index in [1.807, 2.05) is 0 Å². The lowest BCUT2D eigenvalue weighted by atomic mass is 10.2. The molecule has 0 aromatic heterocycles. The van der Waals surface area contributed by atoms with Crippen molar-refractivity contribution in [1.82, 2.24) is 8.61 Å². The number of sulfonamides is 2. The third-order valence-corrected chi connectivity index (χ3v) is 8.89. The smallest absolute Gasteiger partial charge is 0.243 e. The average molecular weight is 466 g/mol. The van der Waals surface area contributed by atoms with Gasteiger partial charge in [-0.2, -0.15) is 8.61 Å². The Morgan fingerprint density at radius 3 is 2.03 bits per heavy atom. The van der Waals surface area contributed by atoms with Gasteiger partial charge >= 0.3 is 0 Å². The molecule has 2 aromatic rings. The van der Waals surface area contributed by atoms with Crippen LogP contribution in [-0.2, 0) is 24.8 Å². The Morgan fingerprint density at radius 2 is 1.45 bits per heavy atom. The predicted molar refractivity (Wildman–Crippen MR) is 119 cm³/mol. The number of carbonyl (C=O) groups is 1. The molecule has 0 spiro atoms.